The molecule has 2 fully saturated rings. The molecule has 1 aromatic rings. The van der Waals surface area contributed by atoms with Crippen LogP contribution < -0.4 is 15.8 Å². The van der Waals surface area contributed by atoms with E-state index in [2.05, 4.69) is 21.2 Å². The summed E-state index contributed by atoms with van der Waals surface area (Å²) in [5, 5.41) is 3.02. The summed E-state index contributed by atoms with van der Waals surface area (Å²) in [5.41, 5.74) is 6.22. The highest BCUT2D eigenvalue weighted by Gasteiger charge is 2.48. The van der Waals surface area contributed by atoms with Crippen molar-refractivity contribution < 1.29 is 9.53 Å². The van der Waals surface area contributed by atoms with Crippen molar-refractivity contribution in [2.45, 2.75) is 38.3 Å². The Labute approximate surface area is 152 Å². The third-order valence-corrected chi connectivity index (χ3v) is 5.67. The Morgan fingerprint density at radius 3 is 2.74 bits per heavy atom. The van der Waals surface area contributed by atoms with E-state index >= 15 is 0 Å². The Kier molecular flexibility index (Phi) is 6.34. The highest BCUT2D eigenvalue weighted by atomic mass is 79.9. The van der Waals surface area contributed by atoms with Gasteiger partial charge in [0.15, 0.2) is 0 Å². The van der Waals surface area contributed by atoms with Gasteiger partial charge in [-0.2, -0.15) is 0 Å². The number of benzene rings is 1. The number of nitrogens with two attached hydrogens (primary N) is 1. The van der Waals surface area contributed by atoms with E-state index in [1.807, 2.05) is 31.2 Å². The third kappa shape index (κ3) is 4.01. The van der Waals surface area contributed by atoms with Crippen molar-refractivity contribution >= 4 is 34.2 Å². The maximum Gasteiger partial charge on any atom is 0.225 e. The zero-order valence-corrected chi connectivity index (χ0v) is 15.6. The van der Waals surface area contributed by atoms with Crippen LogP contribution in [0.3, 0.4) is 0 Å². The van der Waals surface area contributed by atoms with Crippen LogP contribution in [0.2, 0.25) is 0 Å². The van der Waals surface area contributed by atoms with Crippen LogP contribution in [0.1, 0.15) is 26.2 Å². The topological polar surface area (TPSA) is 64.4 Å². The summed E-state index contributed by atoms with van der Waals surface area (Å²) < 4.78 is 6.77. The number of carbonyl (C=O) groups is 1. The van der Waals surface area contributed by atoms with Gasteiger partial charge in [-0.1, -0.05) is 12.1 Å². The minimum atomic E-state index is -0.0857. The first-order valence-corrected chi connectivity index (χ1v) is 8.80. The SMILES string of the molecule is CC(CNC(=O)C1C2CCC(C2)C1N)Oc1ccccc1Br.Cl. The van der Waals surface area contributed by atoms with E-state index in [0.29, 0.717) is 18.4 Å². The van der Waals surface area contributed by atoms with Crippen molar-refractivity contribution in [3.05, 3.63) is 28.7 Å². The monoisotopic (exact) mass is 402 g/mol. The molecule has 23 heavy (non-hydrogen) atoms. The number of fused-ring (bicyclic) bond motifs is 2. The minimum absolute atomic E-state index is 0. The van der Waals surface area contributed by atoms with Crippen LogP contribution in [-0.4, -0.2) is 24.6 Å². The van der Waals surface area contributed by atoms with Crippen LogP contribution in [0.15, 0.2) is 28.7 Å². The lowest BCUT2D eigenvalue weighted by atomic mass is 9.84. The Bertz CT molecular complexity index is 555. The second kappa shape index (κ2) is 7.86. The van der Waals surface area contributed by atoms with Crippen molar-refractivity contribution in [3.8, 4) is 5.75 Å². The van der Waals surface area contributed by atoms with E-state index in [9.17, 15) is 4.79 Å². The van der Waals surface area contributed by atoms with Gasteiger partial charge in [-0.05, 0) is 66.1 Å². The summed E-state index contributed by atoms with van der Waals surface area (Å²) in [5.74, 6) is 1.92. The van der Waals surface area contributed by atoms with Crippen molar-refractivity contribution in [1.29, 1.82) is 0 Å². The van der Waals surface area contributed by atoms with Gasteiger partial charge in [0, 0.05) is 6.04 Å². The first-order valence-electron chi connectivity index (χ1n) is 8.00. The summed E-state index contributed by atoms with van der Waals surface area (Å²) in [6.45, 7) is 2.46. The van der Waals surface area contributed by atoms with E-state index < -0.39 is 0 Å². The highest BCUT2D eigenvalue weighted by Crippen LogP contribution is 2.47. The maximum atomic E-state index is 12.4. The first kappa shape index (κ1) is 18.6. The van der Waals surface area contributed by atoms with Gasteiger partial charge in [-0.3, -0.25) is 4.79 Å². The van der Waals surface area contributed by atoms with Crippen LogP contribution in [0, 0.1) is 17.8 Å². The van der Waals surface area contributed by atoms with E-state index in [-0.39, 0.29) is 36.4 Å². The molecule has 0 heterocycles. The fourth-order valence-corrected chi connectivity index (χ4v) is 4.26. The molecule has 2 aliphatic carbocycles. The van der Waals surface area contributed by atoms with Crippen molar-refractivity contribution in [1.82, 2.24) is 5.32 Å². The second-order valence-corrected chi connectivity index (χ2v) is 7.39. The van der Waals surface area contributed by atoms with Crippen molar-refractivity contribution in [2.75, 3.05) is 6.54 Å². The normalized spacial score (nSPS) is 29.7. The molecule has 0 aliphatic heterocycles. The van der Waals surface area contributed by atoms with E-state index in [1.165, 1.54) is 6.42 Å². The summed E-state index contributed by atoms with van der Waals surface area (Å²) in [7, 11) is 0. The van der Waals surface area contributed by atoms with Gasteiger partial charge in [0.25, 0.3) is 0 Å². The fourth-order valence-electron chi connectivity index (χ4n) is 3.89. The first-order chi connectivity index (χ1) is 10.6. The lowest BCUT2D eigenvalue weighted by Crippen LogP contribution is -2.47. The smallest absolute Gasteiger partial charge is 0.225 e. The summed E-state index contributed by atoms with van der Waals surface area (Å²) in [6, 6.07) is 7.76. The molecule has 1 amide bonds. The molecular weight excluding hydrogens is 380 g/mol. The molecule has 0 radical (unpaired) electrons. The van der Waals surface area contributed by atoms with Gasteiger partial charge in [0.1, 0.15) is 11.9 Å². The largest absolute Gasteiger partial charge is 0.488 e. The predicted molar refractivity (Wildman–Crippen MR) is 96.8 cm³/mol. The average Bonchev–Trinajstić information content (AvgIpc) is 3.08. The van der Waals surface area contributed by atoms with Gasteiger partial charge in [0.05, 0.1) is 16.9 Å². The van der Waals surface area contributed by atoms with Crippen LogP contribution in [-0.2, 0) is 4.79 Å². The molecule has 3 N–H and O–H groups in total. The highest BCUT2D eigenvalue weighted by molar-refractivity contribution is 9.10. The molecule has 2 bridgehead atoms. The van der Waals surface area contributed by atoms with Crippen LogP contribution in [0.25, 0.3) is 0 Å². The van der Waals surface area contributed by atoms with Crippen LogP contribution in [0.5, 0.6) is 5.75 Å². The average molecular weight is 404 g/mol. The molecule has 3 rings (SSSR count). The summed E-state index contributed by atoms with van der Waals surface area (Å²) in [4.78, 5) is 12.4. The Morgan fingerprint density at radius 2 is 2.09 bits per heavy atom. The lowest BCUT2D eigenvalue weighted by Gasteiger charge is -2.27. The molecule has 0 saturated heterocycles. The molecule has 5 unspecified atom stereocenters. The van der Waals surface area contributed by atoms with Crippen LogP contribution in [0.4, 0.5) is 0 Å². The predicted octanol–water partition coefficient (Wildman–Crippen LogP) is 3.13. The van der Waals surface area contributed by atoms with Crippen molar-refractivity contribution in [3.63, 3.8) is 0 Å². The zero-order chi connectivity index (χ0) is 15.7. The number of hydrogen-bond donors (Lipinski definition) is 2. The fraction of sp³-hybridized carbons (Fsp3) is 0.588. The van der Waals surface area contributed by atoms with E-state index in [1.54, 1.807) is 0 Å². The second-order valence-electron chi connectivity index (χ2n) is 6.54. The molecule has 128 valence electrons. The number of carbonyl (C=O) groups excluding carboxylic acids is 1. The van der Waals surface area contributed by atoms with Crippen LogP contribution >= 0.6 is 28.3 Å². The molecule has 1 aromatic carbocycles. The number of ether oxygens (including phenoxy) is 1. The third-order valence-electron chi connectivity index (χ3n) is 5.01. The molecular formula is C17H24BrClN2O2. The molecule has 6 heteroatoms. The number of nitrogens with one attached hydrogen (secondary N) is 1. The number of para-hydroxylation sites is 1. The van der Waals surface area contributed by atoms with Crippen molar-refractivity contribution in [2.24, 2.45) is 23.5 Å². The molecule has 0 spiro atoms. The zero-order valence-electron chi connectivity index (χ0n) is 13.2. The van der Waals surface area contributed by atoms with E-state index in [4.69, 9.17) is 10.5 Å². The number of hydrogen-bond acceptors (Lipinski definition) is 3. The maximum absolute atomic E-state index is 12.4. The summed E-state index contributed by atoms with van der Waals surface area (Å²) >= 11 is 3.46. The number of amides is 1. The minimum Gasteiger partial charge on any atom is -0.488 e. The molecule has 2 saturated carbocycles. The Balaban J connectivity index is 0.00000192. The molecule has 5 atom stereocenters. The number of rotatable bonds is 5. The number of halogens is 2. The molecule has 2 aliphatic rings. The summed E-state index contributed by atoms with van der Waals surface area (Å²) in [6.07, 6.45) is 3.39. The standard InChI is InChI=1S/C17H23BrN2O2.ClH/c1-10(22-14-5-3-2-4-13(14)18)9-20-17(21)15-11-6-7-12(8-11)16(15)19;/h2-5,10-12,15-16H,6-9,19H2,1H3,(H,20,21);1H. The van der Waals surface area contributed by atoms with Gasteiger partial charge in [-0.15, -0.1) is 12.4 Å². The quantitative estimate of drug-likeness (QED) is 0.794. The lowest BCUT2D eigenvalue weighted by molar-refractivity contribution is -0.127. The van der Waals surface area contributed by atoms with Gasteiger partial charge >= 0.3 is 0 Å². The van der Waals surface area contributed by atoms with Gasteiger partial charge in [0.2, 0.25) is 5.91 Å². The molecule has 4 nitrogen and oxygen atoms in total. The molecule has 0 aromatic heterocycles. The van der Waals surface area contributed by atoms with E-state index in [0.717, 1.165) is 23.1 Å². The van der Waals surface area contributed by atoms with Gasteiger partial charge < -0.3 is 15.8 Å². The Morgan fingerprint density at radius 1 is 1.39 bits per heavy atom. The Hall–Kier alpha value is -0.780. The van der Waals surface area contributed by atoms with Gasteiger partial charge in [-0.25, -0.2) is 0 Å².